The molecular formula is C29H33ClN2O3. The molecule has 3 rings (SSSR count). The summed E-state index contributed by atoms with van der Waals surface area (Å²) in [5, 5.41) is 3.50. The molecule has 2 amide bonds. The maximum atomic E-state index is 13.6. The Morgan fingerprint density at radius 2 is 1.66 bits per heavy atom. The van der Waals surface area contributed by atoms with Crippen molar-refractivity contribution in [1.29, 1.82) is 0 Å². The van der Waals surface area contributed by atoms with Crippen LogP contribution in [-0.4, -0.2) is 35.4 Å². The number of carbonyl (C=O) groups is 2. The molecule has 0 unspecified atom stereocenters. The molecule has 0 saturated carbocycles. The number of aryl methyl sites for hydroxylation is 1. The van der Waals surface area contributed by atoms with Crippen molar-refractivity contribution in [2.45, 2.75) is 52.2 Å². The number of carbonyl (C=O) groups excluding carboxylic acids is 2. The number of amides is 2. The molecule has 2 atom stereocenters. The SMILES string of the molecule is CC[C@H](C)NC(=O)[C@H](Cc1ccccc1)N(Cc1cccc(C)c1)C(=O)COc1ccccc1Cl. The van der Waals surface area contributed by atoms with Crippen molar-refractivity contribution in [3.05, 3.63) is 101 Å². The average molecular weight is 493 g/mol. The van der Waals surface area contributed by atoms with E-state index < -0.39 is 6.04 Å². The lowest BCUT2D eigenvalue weighted by Gasteiger charge is -2.32. The van der Waals surface area contributed by atoms with E-state index in [0.29, 0.717) is 17.2 Å². The van der Waals surface area contributed by atoms with Gasteiger partial charge in [-0.3, -0.25) is 9.59 Å². The van der Waals surface area contributed by atoms with Crippen molar-refractivity contribution < 1.29 is 14.3 Å². The van der Waals surface area contributed by atoms with Crippen LogP contribution in [-0.2, 0) is 22.6 Å². The number of hydrogen-bond acceptors (Lipinski definition) is 3. The molecule has 0 aromatic heterocycles. The highest BCUT2D eigenvalue weighted by molar-refractivity contribution is 6.32. The van der Waals surface area contributed by atoms with Crippen molar-refractivity contribution >= 4 is 23.4 Å². The zero-order valence-corrected chi connectivity index (χ0v) is 21.3. The lowest BCUT2D eigenvalue weighted by atomic mass is 10.0. The molecule has 6 heteroatoms. The van der Waals surface area contributed by atoms with E-state index in [2.05, 4.69) is 5.32 Å². The molecule has 0 bridgehead atoms. The largest absolute Gasteiger partial charge is 0.482 e. The number of hydrogen-bond donors (Lipinski definition) is 1. The standard InChI is InChI=1S/C29H33ClN2O3/c1-4-22(3)31-29(34)26(18-23-12-6-5-7-13-23)32(19-24-14-10-11-21(2)17-24)28(33)20-35-27-16-9-8-15-25(27)30/h5-17,22,26H,4,18-20H2,1-3H3,(H,31,34)/t22-,26-/m0/s1. The third kappa shape index (κ3) is 7.86. The number of halogens is 1. The van der Waals surface area contributed by atoms with Gasteiger partial charge >= 0.3 is 0 Å². The fourth-order valence-electron chi connectivity index (χ4n) is 3.79. The fourth-order valence-corrected chi connectivity index (χ4v) is 3.98. The molecule has 1 N–H and O–H groups in total. The van der Waals surface area contributed by atoms with Gasteiger partial charge in [0.05, 0.1) is 5.02 Å². The van der Waals surface area contributed by atoms with Crippen LogP contribution >= 0.6 is 11.6 Å². The van der Waals surface area contributed by atoms with Crippen LogP contribution in [0.5, 0.6) is 5.75 Å². The molecule has 5 nitrogen and oxygen atoms in total. The van der Waals surface area contributed by atoms with Gasteiger partial charge in [-0.2, -0.15) is 0 Å². The van der Waals surface area contributed by atoms with E-state index in [1.807, 2.05) is 75.4 Å². The van der Waals surface area contributed by atoms with Crippen molar-refractivity contribution in [2.75, 3.05) is 6.61 Å². The van der Waals surface area contributed by atoms with Crippen LogP contribution in [0.15, 0.2) is 78.9 Å². The van der Waals surface area contributed by atoms with E-state index >= 15 is 0 Å². The van der Waals surface area contributed by atoms with Crippen LogP contribution in [0.2, 0.25) is 5.02 Å². The molecule has 0 aliphatic carbocycles. The zero-order valence-electron chi connectivity index (χ0n) is 20.5. The van der Waals surface area contributed by atoms with Gasteiger partial charge in [-0.05, 0) is 43.5 Å². The van der Waals surface area contributed by atoms with Gasteiger partial charge in [0.2, 0.25) is 5.91 Å². The molecule has 3 aromatic carbocycles. The minimum Gasteiger partial charge on any atom is -0.482 e. The maximum Gasteiger partial charge on any atom is 0.261 e. The summed E-state index contributed by atoms with van der Waals surface area (Å²) in [5.74, 6) is -0.0321. The van der Waals surface area contributed by atoms with Crippen molar-refractivity contribution in [3.63, 3.8) is 0 Å². The summed E-state index contributed by atoms with van der Waals surface area (Å²) in [4.78, 5) is 28.7. The molecule has 3 aromatic rings. The molecule has 0 aliphatic heterocycles. The molecule has 0 fully saturated rings. The highest BCUT2D eigenvalue weighted by atomic mass is 35.5. The van der Waals surface area contributed by atoms with Crippen molar-refractivity contribution in [2.24, 2.45) is 0 Å². The Kier molecular flexibility index (Phi) is 9.74. The Bertz CT molecular complexity index is 1120. The number of ether oxygens (including phenoxy) is 1. The van der Waals surface area contributed by atoms with Crippen molar-refractivity contribution in [1.82, 2.24) is 10.2 Å². The molecule has 0 radical (unpaired) electrons. The van der Waals surface area contributed by atoms with E-state index in [-0.39, 0.29) is 31.0 Å². The van der Waals surface area contributed by atoms with E-state index in [1.54, 1.807) is 29.2 Å². The predicted molar refractivity (Wildman–Crippen MR) is 141 cm³/mol. The van der Waals surface area contributed by atoms with Gasteiger partial charge < -0.3 is 15.0 Å². The minimum atomic E-state index is -0.700. The Balaban J connectivity index is 1.92. The highest BCUT2D eigenvalue weighted by Crippen LogP contribution is 2.23. The molecule has 0 heterocycles. The maximum absolute atomic E-state index is 13.6. The van der Waals surface area contributed by atoms with Gasteiger partial charge in [0, 0.05) is 19.0 Å². The smallest absolute Gasteiger partial charge is 0.261 e. The summed E-state index contributed by atoms with van der Waals surface area (Å²) in [6, 6.07) is 24.0. The summed E-state index contributed by atoms with van der Waals surface area (Å²) < 4.78 is 5.77. The first-order chi connectivity index (χ1) is 16.9. The second kappa shape index (κ2) is 13.0. The Morgan fingerprint density at radius 1 is 0.971 bits per heavy atom. The van der Waals surface area contributed by atoms with E-state index in [1.165, 1.54) is 0 Å². The monoisotopic (exact) mass is 492 g/mol. The van der Waals surface area contributed by atoms with Gasteiger partial charge in [0.25, 0.3) is 5.91 Å². The van der Waals surface area contributed by atoms with Crippen LogP contribution < -0.4 is 10.1 Å². The number of para-hydroxylation sites is 1. The number of rotatable bonds is 11. The second-order valence-electron chi connectivity index (χ2n) is 8.75. The van der Waals surface area contributed by atoms with Crippen molar-refractivity contribution in [3.8, 4) is 5.75 Å². The first-order valence-corrected chi connectivity index (χ1v) is 12.3. The number of nitrogens with zero attached hydrogens (tertiary/aromatic N) is 1. The number of benzene rings is 3. The van der Waals surface area contributed by atoms with Gasteiger partial charge in [-0.15, -0.1) is 0 Å². The summed E-state index contributed by atoms with van der Waals surface area (Å²) in [6.07, 6.45) is 1.19. The summed E-state index contributed by atoms with van der Waals surface area (Å²) in [7, 11) is 0. The Morgan fingerprint density at radius 3 is 2.34 bits per heavy atom. The van der Waals surface area contributed by atoms with E-state index in [9.17, 15) is 9.59 Å². The summed E-state index contributed by atoms with van der Waals surface area (Å²) in [5.41, 5.74) is 3.02. The van der Waals surface area contributed by atoms with E-state index in [4.69, 9.17) is 16.3 Å². The zero-order chi connectivity index (χ0) is 25.2. The lowest BCUT2D eigenvalue weighted by Crippen LogP contribution is -2.53. The Hall–Kier alpha value is -3.31. The average Bonchev–Trinajstić information content (AvgIpc) is 2.86. The van der Waals surface area contributed by atoms with Gasteiger partial charge in [0.1, 0.15) is 11.8 Å². The highest BCUT2D eigenvalue weighted by Gasteiger charge is 2.31. The predicted octanol–water partition coefficient (Wildman–Crippen LogP) is 5.58. The molecule has 0 spiro atoms. The summed E-state index contributed by atoms with van der Waals surface area (Å²) >= 11 is 6.21. The second-order valence-corrected chi connectivity index (χ2v) is 9.16. The number of nitrogens with one attached hydrogen (secondary N) is 1. The van der Waals surface area contributed by atoms with Crippen LogP contribution in [0.1, 0.15) is 37.0 Å². The van der Waals surface area contributed by atoms with Gasteiger partial charge in [-0.1, -0.05) is 90.8 Å². The van der Waals surface area contributed by atoms with Crippen LogP contribution in [0.4, 0.5) is 0 Å². The first-order valence-electron chi connectivity index (χ1n) is 11.9. The topological polar surface area (TPSA) is 58.6 Å². The molecule has 0 aliphatic rings. The Labute approximate surface area is 213 Å². The molecular weight excluding hydrogens is 460 g/mol. The van der Waals surface area contributed by atoms with Crippen LogP contribution in [0, 0.1) is 6.92 Å². The quantitative estimate of drug-likeness (QED) is 0.380. The minimum absolute atomic E-state index is 0.00364. The van der Waals surface area contributed by atoms with E-state index in [0.717, 1.165) is 23.1 Å². The van der Waals surface area contributed by atoms with Crippen LogP contribution in [0.25, 0.3) is 0 Å². The normalized spacial score (nSPS) is 12.5. The van der Waals surface area contributed by atoms with Crippen LogP contribution in [0.3, 0.4) is 0 Å². The molecule has 0 saturated heterocycles. The first kappa shape index (κ1) is 26.3. The van der Waals surface area contributed by atoms with Gasteiger partial charge in [-0.25, -0.2) is 0 Å². The third-order valence-electron chi connectivity index (χ3n) is 5.90. The molecule has 35 heavy (non-hydrogen) atoms. The lowest BCUT2D eigenvalue weighted by molar-refractivity contribution is -0.143. The molecule has 184 valence electrons. The fraction of sp³-hybridized carbons (Fsp3) is 0.310. The van der Waals surface area contributed by atoms with Gasteiger partial charge in [0.15, 0.2) is 6.61 Å². The third-order valence-corrected chi connectivity index (χ3v) is 6.21. The summed E-state index contributed by atoms with van der Waals surface area (Å²) in [6.45, 7) is 6.05.